The number of carbonyl (C=O) groups is 1. The van der Waals surface area contributed by atoms with Gasteiger partial charge in [0.1, 0.15) is 11.8 Å². The molecule has 0 radical (unpaired) electrons. The van der Waals surface area contributed by atoms with Gasteiger partial charge >= 0.3 is 0 Å². The van der Waals surface area contributed by atoms with Crippen LogP contribution < -0.4 is 14.8 Å². The normalized spacial score (nSPS) is 11.0. The summed E-state index contributed by atoms with van der Waals surface area (Å²) in [7, 11) is 3.14. The molecule has 2 aromatic carbocycles. The quantitative estimate of drug-likeness (QED) is 0.648. The summed E-state index contributed by atoms with van der Waals surface area (Å²) in [6.45, 7) is 0. The molecule has 1 N–H and O–H groups in total. The van der Waals surface area contributed by atoms with Crippen LogP contribution >= 0.6 is 0 Å². The number of rotatable bonds is 6. The van der Waals surface area contributed by atoms with E-state index in [-0.39, 0.29) is 11.6 Å². The van der Waals surface area contributed by atoms with E-state index >= 15 is 0 Å². The highest BCUT2D eigenvalue weighted by atomic mass is 16.5. The summed E-state index contributed by atoms with van der Waals surface area (Å²) < 4.78 is 10.4. The van der Waals surface area contributed by atoms with Crippen molar-refractivity contribution in [2.75, 3.05) is 14.2 Å². The predicted molar refractivity (Wildman–Crippen MR) is 96.2 cm³/mol. The van der Waals surface area contributed by atoms with Gasteiger partial charge in [0.05, 0.1) is 14.2 Å². The van der Waals surface area contributed by atoms with E-state index in [1.54, 1.807) is 56.7 Å². The summed E-state index contributed by atoms with van der Waals surface area (Å²) in [5.74, 6) is 0.933. The van der Waals surface area contributed by atoms with Gasteiger partial charge in [-0.2, -0.15) is 5.26 Å². The SMILES string of the molecule is COc1ccc(/C=C/C=C(\C#N)NC(=O)c2ccccc2)cc1OC. The molecule has 5 nitrogen and oxygen atoms in total. The van der Waals surface area contributed by atoms with E-state index in [2.05, 4.69) is 5.32 Å². The number of hydrogen-bond acceptors (Lipinski definition) is 4. The molecule has 0 aliphatic carbocycles. The molecule has 0 saturated heterocycles. The number of amides is 1. The van der Waals surface area contributed by atoms with Crippen molar-refractivity contribution < 1.29 is 14.3 Å². The first kappa shape index (κ1) is 17.8. The summed E-state index contributed by atoms with van der Waals surface area (Å²) in [4.78, 5) is 12.0. The van der Waals surface area contributed by atoms with Crippen molar-refractivity contribution in [1.82, 2.24) is 5.32 Å². The standard InChI is InChI=1S/C20H18N2O3/c1-24-18-12-11-15(13-19(18)25-2)7-6-10-17(14-21)22-20(23)16-8-4-3-5-9-16/h3-13H,1-2H3,(H,22,23)/b7-6+,17-10+. The second-order valence-corrected chi connectivity index (χ2v) is 4.99. The van der Waals surface area contributed by atoms with Gasteiger partial charge in [-0.1, -0.05) is 36.4 Å². The zero-order chi connectivity index (χ0) is 18.1. The summed E-state index contributed by atoms with van der Waals surface area (Å²) in [5, 5.41) is 11.7. The monoisotopic (exact) mass is 334 g/mol. The van der Waals surface area contributed by atoms with Gasteiger partial charge < -0.3 is 14.8 Å². The number of allylic oxidation sites excluding steroid dienone is 3. The van der Waals surface area contributed by atoms with Crippen molar-refractivity contribution in [2.45, 2.75) is 0 Å². The molecule has 0 atom stereocenters. The molecule has 25 heavy (non-hydrogen) atoms. The lowest BCUT2D eigenvalue weighted by Crippen LogP contribution is -2.21. The Hall–Kier alpha value is -3.52. The minimum Gasteiger partial charge on any atom is -0.493 e. The Labute approximate surface area is 146 Å². The third kappa shape index (κ3) is 4.98. The first-order valence-corrected chi connectivity index (χ1v) is 7.55. The lowest BCUT2D eigenvalue weighted by atomic mass is 10.2. The third-order valence-electron chi connectivity index (χ3n) is 3.36. The lowest BCUT2D eigenvalue weighted by molar-refractivity contribution is 0.0967. The van der Waals surface area contributed by atoms with Crippen LogP contribution in [0.3, 0.4) is 0 Å². The molecule has 1 amide bonds. The van der Waals surface area contributed by atoms with E-state index < -0.39 is 0 Å². The Balaban J connectivity index is 2.09. The average molecular weight is 334 g/mol. The topological polar surface area (TPSA) is 71.3 Å². The van der Waals surface area contributed by atoms with E-state index in [1.165, 1.54) is 6.08 Å². The second-order valence-electron chi connectivity index (χ2n) is 4.99. The van der Waals surface area contributed by atoms with Crippen LogP contribution in [0.15, 0.2) is 66.4 Å². The first-order valence-electron chi connectivity index (χ1n) is 7.55. The minimum atomic E-state index is -0.326. The molecular weight excluding hydrogens is 316 g/mol. The Morgan fingerprint density at radius 1 is 1.08 bits per heavy atom. The van der Waals surface area contributed by atoms with E-state index in [0.717, 1.165) is 5.56 Å². The van der Waals surface area contributed by atoms with E-state index in [1.807, 2.05) is 24.3 Å². The van der Waals surface area contributed by atoms with Crippen molar-refractivity contribution in [1.29, 1.82) is 5.26 Å². The van der Waals surface area contributed by atoms with Gasteiger partial charge in [0.25, 0.3) is 5.91 Å². The van der Waals surface area contributed by atoms with Crippen molar-refractivity contribution in [2.24, 2.45) is 0 Å². The molecule has 0 unspecified atom stereocenters. The molecule has 0 fully saturated rings. The van der Waals surface area contributed by atoms with Crippen LogP contribution in [0, 0.1) is 11.3 Å². The van der Waals surface area contributed by atoms with Crippen LogP contribution in [0.5, 0.6) is 11.5 Å². The number of nitrogens with zero attached hydrogens (tertiary/aromatic N) is 1. The van der Waals surface area contributed by atoms with Crippen LogP contribution in [-0.4, -0.2) is 20.1 Å². The largest absolute Gasteiger partial charge is 0.493 e. The summed E-state index contributed by atoms with van der Waals surface area (Å²) >= 11 is 0. The number of nitriles is 1. The molecule has 0 aliphatic heterocycles. The second kappa shape index (κ2) is 8.94. The Kier molecular flexibility index (Phi) is 6.38. The number of nitrogens with one attached hydrogen (secondary N) is 1. The molecule has 0 bridgehead atoms. The third-order valence-corrected chi connectivity index (χ3v) is 3.36. The summed E-state index contributed by atoms with van der Waals surface area (Å²) in [6, 6.07) is 16.2. The van der Waals surface area contributed by atoms with Crippen LogP contribution in [0.2, 0.25) is 0 Å². The van der Waals surface area contributed by atoms with Gasteiger partial charge in [-0.05, 0) is 35.9 Å². The number of carbonyl (C=O) groups excluding carboxylic acids is 1. The van der Waals surface area contributed by atoms with Crippen molar-refractivity contribution in [3.63, 3.8) is 0 Å². The molecular formula is C20H18N2O3. The van der Waals surface area contributed by atoms with Crippen molar-refractivity contribution in [3.8, 4) is 17.6 Å². The first-order chi connectivity index (χ1) is 12.2. The molecule has 2 aromatic rings. The highest BCUT2D eigenvalue weighted by Gasteiger charge is 2.06. The van der Waals surface area contributed by atoms with Gasteiger partial charge in [-0.3, -0.25) is 4.79 Å². The predicted octanol–water partition coefficient (Wildman–Crippen LogP) is 3.55. The van der Waals surface area contributed by atoms with Crippen molar-refractivity contribution >= 4 is 12.0 Å². The van der Waals surface area contributed by atoms with Gasteiger partial charge in [-0.15, -0.1) is 0 Å². The molecule has 2 rings (SSSR count). The van der Waals surface area contributed by atoms with Crippen LogP contribution in [0.1, 0.15) is 15.9 Å². The average Bonchev–Trinajstić information content (AvgIpc) is 2.67. The smallest absolute Gasteiger partial charge is 0.256 e. The van der Waals surface area contributed by atoms with Gasteiger partial charge in [-0.25, -0.2) is 0 Å². The number of ether oxygens (including phenoxy) is 2. The number of methoxy groups -OCH3 is 2. The molecule has 0 saturated carbocycles. The maximum Gasteiger partial charge on any atom is 0.256 e. The van der Waals surface area contributed by atoms with Crippen LogP contribution in [-0.2, 0) is 0 Å². The minimum absolute atomic E-state index is 0.158. The van der Waals surface area contributed by atoms with Gasteiger partial charge in [0, 0.05) is 5.56 Å². The fraction of sp³-hybridized carbons (Fsp3) is 0.100. The van der Waals surface area contributed by atoms with Crippen LogP contribution in [0.25, 0.3) is 6.08 Å². The maximum absolute atomic E-state index is 12.0. The molecule has 126 valence electrons. The highest BCUT2D eigenvalue weighted by molar-refractivity contribution is 5.95. The zero-order valence-electron chi connectivity index (χ0n) is 14.0. The number of benzene rings is 2. The summed E-state index contributed by atoms with van der Waals surface area (Å²) in [5.41, 5.74) is 1.53. The Morgan fingerprint density at radius 3 is 2.44 bits per heavy atom. The van der Waals surface area contributed by atoms with E-state index in [0.29, 0.717) is 17.1 Å². The Morgan fingerprint density at radius 2 is 1.80 bits per heavy atom. The Bertz CT molecular complexity index is 834. The van der Waals surface area contributed by atoms with Gasteiger partial charge in [0.15, 0.2) is 11.5 Å². The fourth-order valence-corrected chi connectivity index (χ4v) is 2.10. The lowest BCUT2D eigenvalue weighted by Gasteiger charge is -2.07. The molecule has 5 heteroatoms. The zero-order valence-corrected chi connectivity index (χ0v) is 14.0. The maximum atomic E-state index is 12.0. The fourth-order valence-electron chi connectivity index (χ4n) is 2.10. The highest BCUT2D eigenvalue weighted by Crippen LogP contribution is 2.27. The van der Waals surface area contributed by atoms with Crippen molar-refractivity contribution in [3.05, 3.63) is 77.5 Å². The summed E-state index contributed by atoms with van der Waals surface area (Å²) in [6.07, 6.45) is 5.02. The molecule has 0 aliphatic rings. The molecule has 0 spiro atoms. The number of hydrogen-bond donors (Lipinski definition) is 1. The van der Waals surface area contributed by atoms with Gasteiger partial charge in [0.2, 0.25) is 0 Å². The van der Waals surface area contributed by atoms with E-state index in [9.17, 15) is 4.79 Å². The molecule has 0 heterocycles. The van der Waals surface area contributed by atoms with Crippen LogP contribution in [0.4, 0.5) is 0 Å². The van der Waals surface area contributed by atoms with E-state index in [4.69, 9.17) is 14.7 Å². The molecule has 0 aromatic heterocycles.